The predicted molar refractivity (Wildman–Crippen MR) is 90.5 cm³/mol. The molecule has 0 aliphatic heterocycles. The molecule has 1 nitrogen and oxygen atoms in total. The standard InChI is InChI=1S/C18H30ClN/c1-4-5-6-7-8-17(14-20-15(2)3)13-16-9-11-18(19)12-10-16/h9-12,15,17,20H,4-8,13-14H2,1-3H3. The molecule has 0 heterocycles. The second-order valence-electron chi connectivity index (χ2n) is 6.11. The van der Waals surface area contributed by atoms with E-state index in [-0.39, 0.29) is 0 Å². The van der Waals surface area contributed by atoms with Crippen LogP contribution in [0.3, 0.4) is 0 Å². The van der Waals surface area contributed by atoms with Gasteiger partial charge >= 0.3 is 0 Å². The van der Waals surface area contributed by atoms with Crippen molar-refractivity contribution in [3.63, 3.8) is 0 Å². The lowest BCUT2D eigenvalue weighted by Crippen LogP contribution is -2.30. The summed E-state index contributed by atoms with van der Waals surface area (Å²) in [6.07, 6.45) is 7.88. The van der Waals surface area contributed by atoms with Crippen LogP contribution in [-0.4, -0.2) is 12.6 Å². The molecule has 0 bridgehead atoms. The molecule has 20 heavy (non-hydrogen) atoms. The van der Waals surface area contributed by atoms with Gasteiger partial charge in [-0.15, -0.1) is 0 Å². The summed E-state index contributed by atoms with van der Waals surface area (Å²) >= 11 is 5.96. The summed E-state index contributed by atoms with van der Waals surface area (Å²) in [5, 5.41) is 4.42. The molecule has 114 valence electrons. The zero-order valence-electron chi connectivity index (χ0n) is 13.3. The summed E-state index contributed by atoms with van der Waals surface area (Å²) in [6, 6.07) is 8.90. The Morgan fingerprint density at radius 3 is 2.35 bits per heavy atom. The third-order valence-corrected chi connectivity index (χ3v) is 3.97. The molecule has 1 aromatic rings. The van der Waals surface area contributed by atoms with Gasteiger partial charge in [0.05, 0.1) is 0 Å². The first-order chi connectivity index (χ1) is 9.61. The van der Waals surface area contributed by atoms with Crippen LogP contribution < -0.4 is 5.32 Å². The molecular weight excluding hydrogens is 266 g/mol. The van der Waals surface area contributed by atoms with Crippen LogP contribution in [0.1, 0.15) is 58.4 Å². The van der Waals surface area contributed by atoms with Gasteiger partial charge in [0, 0.05) is 11.1 Å². The molecule has 0 aliphatic carbocycles. The van der Waals surface area contributed by atoms with Crippen LogP contribution in [0.15, 0.2) is 24.3 Å². The molecule has 0 saturated heterocycles. The Morgan fingerprint density at radius 2 is 1.75 bits per heavy atom. The van der Waals surface area contributed by atoms with Gasteiger partial charge in [-0.05, 0) is 43.0 Å². The summed E-state index contributed by atoms with van der Waals surface area (Å²) in [4.78, 5) is 0. The molecule has 2 heteroatoms. The summed E-state index contributed by atoms with van der Waals surface area (Å²) in [5.41, 5.74) is 1.40. The van der Waals surface area contributed by atoms with E-state index in [1.165, 1.54) is 37.7 Å². The average molecular weight is 296 g/mol. The molecule has 0 amide bonds. The highest BCUT2D eigenvalue weighted by Crippen LogP contribution is 2.18. The number of rotatable bonds is 10. The van der Waals surface area contributed by atoms with E-state index in [0.29, 0.717) is 6.04 Å². The van der Waals surface area contributed by atoms with Gasteiger partial charge in [0.1, 0.15) is 0 Å². The highest BCUT2D eigenvalue weighted by Gasteiger charge is 2.10. The van der Waals surface area contributed by atoms with E-state index in [4.69, 9.17) is 11.6 Å². The molecule has 1 unspecified atom stereocenters. The Labute approximate surface area is 130 Å². The molecule has 0 aromatic heterocycles. The highest BCUT2D eigenvalue weighted by molar-refractivity contribution is 6.30. The molecular formula is C18H30ClN. The molecule has 1 rings (SSSR count). The Balaban J connectivity index is 2.45. The van der Waals surface area contributed by atoms with Crippen molar-refractivity contribution in [2.45, 2.75) is 65.3 Å². The molecule has 0 fully saturated rings. The predicted octanol–water partition coefficient (Wildman–Crippen LogP) is 5.47. The van der Waals surface area contributed by atoms with Crippen LogP contribution in [0.4, 0.5) is 0 Å². The first-order valence-corrected chi connectivity index (χ1v) is 8.47. The smallest absolute Gasteiger partial charge is 0.0406 e. The number of halogens is 1. The van der Waals surface area contributed by atoms with Gasteiger partial charge in [-0.3, -0.25) is 0 Å². The number of hydrogen-bond donors (Lipinski definition) is 1. The lowest BCUT2D eigenvalue weighted by atomic mass is 9.93. The minimum atomic E-state index is 0.568. The monoisotopic (exact) mass is 295 g/mol. The van der Waals surface area contributed by atoms with Gasteiger partial charge in [0.25, 0.3) is 0 Å². The van der Waals surface area contributed by atoms with Crippen LogP contribution >= 0.6 is 11.6 Å². The van der Waals surface area contributed by atoms with E-state index in [1.54, 1.807) is 0 Å². The summed E-state index contributed by atoms with van der Waals surface area (Å²) in [5.74, 6) is 0.732. The molecule has 0 spiro atoms. The van der Waals surface area contributed by atoms with Gasteiger partial charge in [0.15, 0.2) is 0 Å². The fraction of sp³-hybridized carbons (Fsp3) is 0.667. The fourth-order valence-electron chi connectivity index (χ4n) is 2.49. The first-order valence-electron chi connectivity index (χ1n) is 8.09. The van der Waals surface area contributed by atoms with Crippen molar-refractivity contribution < 1.29 is 0 Å². The molecule has 0 aliphatic rings. The lowest BCUT2D eigenvalue weighted by Gasteiger charge is -2.19. The van der Waals surface area contributed by atoms with Crippen molar-refractivity contribution in [3.05, 3.63) is 34.9 Å². The minimum Gasteiger partial charge on any atom is -0.314 e. The zero-order chi connectivity index (χ0) is 14.8. The second-order valence-corrected chi connectivity index (χ2v) is 6.55. The van der Waals surface area contributed by atoms with E-state index in [1.807, 2.05) is 12.1 Å². The number of unbranched alkanes of at least 4 members (excludes halogenated alkanes) is 3. The molecule has 1 atom stereocenters. The molecule has 1 N–H and O–H groups in total. The van der Waals surface area contributed by atoms with Crippen LogP contribution in [0, 0.1) is 5.92 Å². The molecule has 0 radical (unpaired) electrons. The van der Waals surface area contributed by atoms with Gasteiger partial charge in [-0.1, -0.05) is 70.2 Å². The van der Waals surface area contributed by atoms with Crippen molar-refractivity contribution in [2.24, 2.45) is 5.92 Å². The summed E-state index contributed by atoms with van der Waals surface area (Å²) in [7, 11) is 0. The summed E-state index contributed by atoms with van der Waals surface area (Å²) in [6.45, 7) is 7.82. The first kappa shape index (κ1) is 17.5. The zero-order valence-corrected chi connectivity index (χ0v) is 14.0. The maximum atomic E-state index is 5.96. The van der Waals surface area contributed by atoms with Crippen molar-refractivity contribution >= 4 is 11.6 Å². The van der Waals surface area contributed by atoms with Gasteiger partial charge in [0.2, 0.25) is 0 Å². The highest BCUT2D eigenvalue weighted by atomic mass is 35.5. The maximum Gasteiger partial charge on any atom is 0.0406 e. The fourth-order valence-corrected chi connectivity index (χ4v) is 2.62. The molecule has 1 aromatic carbocycles. The normalized spacial score (nSPS) is 12.8. The molecule has 0 saturated carbocycles. The third-order valence-electron chi connectivity index (χ3n) is 3.72. The Kier molecular flexibility index (Phi) is 8.97. The van der Waals surface area contributed by atoms with E-state index in [9.17, 15) is 0 Å². The Hall–Kier alpha value is -0.530. The lowest BCUT2D eigenvalue weighted by molar-refractivity contribution is 0.405. The number of nitrogens with one attached hydrogen (secondary N) is 1. The third kappa shape index (κ3) is 7.91. The largest absolute Gasteiger partial charge is 0.314 e. The van der Waals surface area contributed by atoms with E-state index in [0.717, 1.165) is 23.9 Å². The van der Waals surface area contributed by atoms with Crippen molar-refractivity contribution in [3.8, 4) is 0 Å². The Bertz CT molecular complexity index is 345. The van der Waals surface area contributed by atoms with Gasteiger partial charge in [-0.25, -0.2) is 0 Å². The number of benzene rings is 1. The van der Waals surface area contributed by atoms with E-state index < -0.39 is 0 Å². The SMILES string of the molecule is CCCCCCC(CNC(C)C)Cc1ccc(Cl)cc1. The summed E-state index contributed by atoms with van der Waals surface area (Å²) < 4.78 is 0. The van der Waals surface area contributed by atoms with Crippen molar-refractivity contribution in [1.82, 2.24) is 5.32 Å². The van der Waals surface area contributed by atoms with Gasteiger partial charge < -0.3 is 5.32 Å². The average Bonchev–Trinajstić information content (AvgIpc) is 2.43. The minimum absolute atomic E-state index is 0.568. The van der Waals surface area contributed by atoms with E-state index in [2.05, 4.69) is 38.2 Å². The van der Waals surface area contributed by atoms with Crippen LogP contribution in [-0.2, 0) is 6.42 Å². The quantitative estimate of drug-likeness (QED) is 0.565. The van der Waals surface area contributed by atoms with Crippen molar-refractivity contribution in [2.75, 3.05) is 6.54 Å². The maximum absolute atomic E-state index is 5.96. The number of hydrogen-bond acceptors (Lipinski definition) is 1. The van der Waals surface area contributed by atoms with Crippen LogP contribution in [0.25, 0.3) is 0 Å². The van der Waals surface area contributed by atoms with Gasteiger partial charge in [-0.2, -0.15) is 0 Å². The van der Waals surface area contributed by atoms with Crippen molar-refractivity contribution in [1.29, 1.82) is 0 Å². The van der Waals surface area contributed by atoms with Crippen LogP contribution in [0.5, 0.6) is 0 Å². The Morgan fingerprint density at radius 1 is 1.05 bits per heavy atom. The van der Waals surface area contributed by atoms with E-state index >= 15 is 0 Å². The topological polar surface area (TPSA) is 12.0 Å². The second kappa shape index (κ2) is 10.2. The van der Waals surface area contributed by atoms with Crippen LogP contribution in [0.2, 0.25) is 5.02 Å².